The second-order valence-corrected chi connectivity index (χ2v) is 10.8. The number of nitrogens with one attached hydrogen (secondary N) is 3. The Bertz CT molecular complexity index is 991. The summed E-state index contributed by atoms with van der Waals surface area (Å²) in [5, 5.41) is 7.04. The van der Waals surface area contributed by atoms with Gasteiger partial charge in [-0.2, -0.15) is 0 Å². The Morgan fingerprint density at radius 1 is 1.19 bits per heavy atom. The zero-order chi connectivity index (χ0) is 23.0. The monoisotopic (exact) mass is 478 g/mol. The number of likely N-dealkylation sites (tertiary alicyclic amines) is 1. The lowest BCUT2D eigenvalue weighted by Crippen LogP contribution is -2.48. The molecule has 0 saturated carbocycles. The first-order valence-electron chi connectivity index (χ1n) is 10.7. The smallest absolute Gasteiger partial charge is 0.321 e. The van der Waals surface area contributed by atoms with Crippen LogP contribution in [0.2, 0.25) is 0 Å². The van der Waals surface area contributed by atoms with Crippen molar-refractivity contribution in [3.63, 3.8) is 0 Å². The Labute approximate surface area is 193 Å². The number of carbonyl (C=O) groups excluding carboxylic acids is 2. The highest BCUT2D eigenvalue weighted by molar-refractivity contribution is 7.89. The number of amides is 3. The van der Waals surface area contributed by atoms with Gasteiger partial charge in [0.15, 0.2) is 0 Å². The van der Waals surface area contributed by atoms with E-state index in [1.54, 1.807) is 35.6 Å². The van der Waals surface area contributed by atoms with E-state index in [1.807, 2.05) is 29.3 Å². The molecule has 3 N–H and O–H groups in total. The first-order chi connectivity index (χ1) is 15.3. The number of carbonyl (C=O) groups is 2. The molecule has 0 spiro atoms. The van der Waals surface area contributed by atoms with Crippen LogP contribution in [0.5, 0.6) is 0 Å². The number of hydrogen-bond acceptors (Lipinski definition) is 6. The summed E-state index contributed by atoms with van der Waals surface area (Å²) >= 11 is 1.63. The lowest BCUT2D eigenvalue weighted by atomic mass is 9.98. The van der Waals surface area contributed by atoms with E-state index < -0.39 is 16.1 Å². The van der Waals surface area contributed by atoms with E-state index in [-0.39, 0.29) is 23.3 Å². The summed E-state index contributed by atoms with van der Waals surface area (Å²) in [5.74, 6) is -0.254. The van der Waals surface area contributed by atoms with E-state index in [0.29, 0.717) is 19.6 Å². The summed E-state index contributed by atoms with van der Waals surface area (Å²) in [6.45, 7) is 4.15. The van der Waals surface area contributed by atoms with Crippen molar-refractivity contribution in [3.05, 3.63) is 52.2 Å². The van der Waals surface area contributed by atoms with E-state index in [0.717, 1.165) is 31.4 Å². The standard InChI is InChI=1S/C22H30N4O4S2/c1-17-6-8-20(9-7-17)32(29,30)24-14-18-4-2-12-26(15-18)16-21(27)25-22(28)23-11-10-19-5-3-13-31-19/h3,5-9,13,18,24H,2,4,10-12,14-16H2,1H3,(H2,23,25,27,28). The SMILES string of the molecule is Cc1ccc(S(=O)(=O)NCC2CCCN(CC(=O)NC(=O)NCCc3cccs3)C2)cc1. The summed E-state index contributed by atoms with van der Waals surface area (Å²) < 4.78 is 27.7. The van der Waals surface area contributed by atoms with Crippen LogP contribution in [0.25, 0.3) is 0 Å². The summed E-state index contributed by atoms with van der Waals surface area (Å²) in [6, 6.07) is 10.2. The zero-order valence-corrected chi connectivity index (χ0v) is 19.8. The van der Waals surface area contributed by atoms with Crippen molar-refractivity contribution in [2.75, 3.05) is 32.7 Å². The number of rotatable bonds is 9. The number of imide groups is 1. The van der Waals surface area contributed by atoms with Crippen LogP contribution in [0.1, 0.15) is 23.3 Å². The van der Waals surface area contributed by atoms with Gasteiger partial charge in [0.05, 0.1) is 11.4 Å². The molecule has 10 heteroatoms. The van der Waals surface area contributed by atoms with Crippen molar-refractivity contribution < 1.29 is 18.0 Å². The van der Waals surface area contributed by atoms with Crippen LogP contribution in [0.4, 0.5) is 4.79 Å². The number of benzene rings is 1. The van der Waals surface area contributed by atoms with Crippen LogP contribution in [0, 0.1) is 12.8 Å². The molecular weight excluding hydrogens is 448 g/mol. The molecule has 0 radical (unpaired) electrons. The number of piperidine rings is 1. The molecule has 1 unspecified atom stereocenters. The largest absolute Gasteiger partial charge is 0.337 e. The number of aryl methyl sites for hydroxylation is 1. The van der Waals surface area contributed by atoms with Gasteiger partial charge < -0.3 is 5.32 Å². The molecule has 1 aromatic carbocycles. The molecule has 3 amide bonds. The molecule has 1 aliphatic heterocycles. The van der Waals surface area contributed by atoms with Gasteiger partial charge in [0.1, 0.15) is 0 Å². The van der Waals surface area contributed by atoms with Gasteiger partial charge in [-0.15, -0.1) is 11.3 Å². The van der Waals surface area contributed by atoms with Gasteiger partial charge in [-0.3, -0.25) is 15.0 Å². The maximum atomic E-state index is 12.5. The number of nitrogens with zero attached hydrogens (tertiary/aromatic N) is 1. The van der Waals surface area contributed by atoms with Crippen molar-refractivity contribution in [1.29, 1.82) is 0 Å². The van der Waals surface area contributed by atoms with Crippen molar-refractivity contribution >= 4 is 33.3 Å². The van der Waals surface area contributed by atoms with Gasteiger partial charge in [0, 0.05) is 24.5 Å². The molecular formula is C22H30N4O4S2. The van der Waals surface area contributed by atoms with Crippen molar-refractivity contribution in [2.24, 2.45) is 5.92 Å². The quantitative estimate of drug-likeness (QED) is 0.512. The molecule has 3 rings (SSSR count). The Morgan fingerprint density at radius 3 is 2.69 bits per heavy atom. The topological polar surface area (TPSA) is 108 Å². The Hall–Kier alpha value is -2.27. The lowest BCUT2D eigenvalue weighted by molar-refractivity contribution is -0.121. The second-order valence-electron chi connectivity index (χ2n) is 8.04. The summed E-state index contributed by atoms with van der Waals surface area (Å²) in [4.78, 5) is 27.5. The van der Waals surface area contributed by atoms with Crippen molar-refractivity contribution in [3.8, 4) is 0 Å². The van der Waals surface area contributed by atoms with Gasteiger partial charge in [0.2, 0.25) is 15.9 Å². The molecule has 0 bridgehead atoms. The first kappa shape index (κ1) is 24.4. The van der Waals surface area contributed by atoms with E-state index in [1.165, 1.54) is 4.88 Å². The predicted octanol–water partition coefficient (Wildman–Crippen LogP) is 2.12. The third-order valence-corrected chi connectivity index (χ3v) is 7.73. The minimum atomic E-state index is -3.56. The fourth-order valence-corrected chi connectivity index (χ4v) is 5.48. The van der Waals surface area contributed by atoms with Crippen molar-refractivity contribution in [1.82, 2.24) is 20.3 Å². The fraction of sp³-hybridized carbons (Fsp3) is 0.455. The molecule has 1 atom stereocenters. The maximum Gasteiger partial charge on any atom is 0.321 e. The molecule has 0 aliphatic carbocycles. The summed E-state index contributed by atoms with van der Waals surface area (Å²) in [7, 11) is -3.56. The molecule has 8 nitrogen and oxygen atoms in total. The average molecular weight is 479 g/mol. The third kappa shape index (κ3) is 7.70. The van der Waals surface area contributed by atoms with E-state index in [9.17, 15) is 18.0 Å². The third-order valence-electron chi connectivity index (χ3n) is 5.35. The van der Waals surface area contributed by atoms with Crippen molar-refractivity contribution in [2.45, 2.75) is 31.1 Å². The highest BCUT2D eigenvalue weighted by Gasteiger charge is 2.24. The molecule has 32 heavy (non-hydrogen) atoms. The predicted molar refractivity (Wildman–Crippen MR) is 125 cm³/mol. The second kappa shape index (κ2) is 11.6. The Balaban J connectivity index is 1.38. The van der Waals surface area contributed by atoms with Crippen LogP contribution in [0.15, 0.2) is 46.7 Å². The van der Waals surface area contributed by atoms with E-state index >= 15 is 0 Å². The number of thiophene rings is 1. The van der Waals surface area contributed by atoms with Crippen LogP contribution >= 0.6 is 11.3 Å². The van der Waals surface area contributed by atoms with Gasteiger partial charge >= 0.3 is 6.03 Å². The highest BCUT2D eigenvalue weighted by Crippen LogP contribution is 2.17. The summed E-state index contributed by atoms with van der Waals surface area (Å²) in [6.07, 6.45) is 2.49. The maximum absolute atomic E-state index is 12.5. The highest BCUT2D eigenvalue weighted by atomic mass is 32.2. The van der Waals surface area contributed by atoms with Gasteiger partial charge in [-0.25, -0.2) is 17.9 Å². The molecule has 2 aromatic rings. The Kier molecular flexibility index (Phi) is 8.80. The minimum absolute atomic E-state index is 0.108. The molecule has 2 heterocycles. The Morgan fingerprint density at radius 2 is 1.97 bits per heavy atom. The fourth-order valence-electron chi connectivity index (χ4n) is 3.66. The molecule has 1 aliphatic rings. The molecule has 1 fully saturated rings. The first-order valence-corrected chi connectivity index (χ1v) is 13.1. The molecule has 1 saturated heterocycles. The number of sulfonamides is 1. The molecule has 1 aromatic heterocycles. The van der Waals surface area contributed by atoms with E-state index in [2.05, 4.69) is 15.4 Å². The van der Waals surface area contributed by atoms with Gasteiger partial charge in [0.25, 0.3) is 0 Å². The number of urea groups is 1. The van der Waals surface area contributed by atoms with Crippen LogP contribution in [-0.4, -0.2) is 58.0 Å². The van der Waals surface area contributed by atoms with E-state index in [4.69, 9.17) is 0 Å². The minimum Gasteiger partial charge on any atom is -0.337 e. The average Bonchev–Trinajstić information content (AvgIpc) is 3.26. The van der Waals surface area contributed by atoms with Crippen LogP contribution in [0.3, 0.4) is 0 Å². The van der Waals surface area contributed by atoms with Crippen LogP contribution in [-0.2, 0) is 21.2 Å². The lowest BCUT2D eigenvalue weighted by Gasteiger charge is -2.32. The van der Waals surface area contributed by atoms with Gasteiger partial charge in [-0.05, 0) is 62.2 Å². The normalized spacial score (nSPS) is 17.1. The summed E-state index contributed by atoms with van der Waals surface area (Å²) in [5.41, 5.74) is 1.00. The van der Waals surface area contributed by atoms with Gasteiger partial charge in [-0.1, -0.05) is 23.8 Å². The molecule has 174 valence electrons. The van der Waals surface area contributed by atoms with Crippen LogP contribution < -0.4 is 15.4 Å². The zero-order valence-electron chi connectivity index (χ0n) is 18.2. The number of hydrogen-bond donors (Lipinski definition) is 3.